The molecule has 2 heterocycles. The minimum absolute atomic E-state index is 0.0353. The van der Waals surface area contributed by atoms with E-state index in [0.717, 1.165) is 0 Å². The van der Waals surface area contributed by atoms with E-state index in [1.54, 1.807) is 0 Å². The van der Waals surface area contributed by atoms with Crippen molar-refractivity contribution in [1.29, 1.82) is 0 Å². The smallest absolute Gasteiger partial charge is 0.116 e. The Morgan fingerprint density at radius 2 is 0.818 bits per heavy atom. The molecule has 220 valence electrons. The van der Waals surface area contributed by atoms with Crippen LogP contribution in [0.15, 0.2) is 116 Å². The molecule has 4 aromatic rings. The van der Waals surface area contributed by atoms with Crippen LogP contribution in [0.1, 0.15) is 77.6 Å². The van der Waals surface area contributed by atoms with Crippen LogP contribution < -0.4 is 9.80 Å². The number of hydrogen-bond acceptors (Lipinski definition) is 4. The first-order chi connectivity index (χ1) is 21.0. The van der Waals surface area contributed by atoms with Gasteiger partial charge in [0.15, 0.2) is 0 Å². The average Bonchev–Trinajstić information content (AvgIpc) is 3.64. The Morgan fingerprint density at radius 3 is 1.23 bits per heavy atom. The number of nitrogens with zero attached hydrogens (tertiary/aromatic N) is 2. The van der Waals surface area contributed by atoms with Gasteiger partial charge in [-0.3, -0.25) is 0 Å². The van der Waals surface area contributed by atoms with E-state index in [0.29, 0.717) is 0 Å². The lowest BCUT2D eigenvalue weighted by Crippen LogP contribution is -2.23. The minimum Gasteiger partial charge on any atom is -0.306 e. The zero-order valence-electron chi connectivity index (χ0n) is 26.8. The van der Waals surface area contributed by atoms with Gasteiger partial charge in [0.1, 0.15) is 10.1 Å². The normalized spacial score (nSPS) is 20.8. The zero-order valence-corrected chi connectivity index (χ0v) is 28.4. The zero-order chi connectivity index (χ0) is 30.7. The number of allylic oxidation sites excluding steroid dienone is 4. The van der Waals surface area contributed by atoms with Gasteiger partial charge in [0.2, 0.25) is 0 Å². The molecule has 0 spiro atoms. The summed E-state index contributed by atoms with van der Waals surface area (Å²) < 4.78 is 0. The topological polar surface area (TPSA) is 6.48 Å². The largest absolute Gasteiger partial charge is 0.306 e. The van der Waals surface area contributed by atoms with Crippen molar-refractivity contribution < 1.29 is 0 Å². The van der Waals surface area contributed by atoms with Crippen LogP contribution in [-0.2, 0) is 10.8 Å². The lowest BCUT2D eigenvalue weighted by Gasteiger charge is -2.30. The van der Waals surface area contributed by atoms with Gasteiger partial charge in [-0.15, -0.1) is 0 Å². The summed E-state index contributed by atoms with van der Waals surface area (Å²) in [7, 11) is 0. The molecular weight excluding hydrogens is 573 g/mol. The van der Waals surface area contributed by atoms with Crippen LogP contribution in [0.25, 0.3) is 22.3 Å². The molecule has 0 atom stereocenters. The monoisotopic (exact) mass is 610 g/mol. The minimum atomic E-state index is -0.0353. The summed E-state index contributed by atoms with van der Waals surface area (Å²) in [6.07, 6.45) is 0. The molecule has 4 aromatic carbocycles. The molecule has 2 nitrogen and oxygen atoms in total. The van der Waals surface area contributed by atoms with Crippen LogP contribution in [-0.4, -0.2) is 0 Å². The van der Waals surface area contributed by atoms with E-state index in [9.17, 15) is 0 Å². The SMILES string of the molecule is CC1=C(C)N(c2ccc3c(c2)C(C)(C)c2ccccc2-3)/C(=C2\SC(C)=C(C)N2c2ccc3c(c2)C(C)(C)c2ccccc2-3)S1. The van der Waals surface area contributed by atoms with Crippen molar-refractivity contribution in [2.75, 3.05) is 9.80 Å². The molecule has 0 amide bonds. The standard InChI is InChI=1S/C40H38N2S2/c1-23-25(3)43-37(41(23)27-17-19-31-29-13-9-11-15-33(29)39(5,6)35(31)21-27)38-42(24(2)26(4)44-38)28-18-20-32-30-14-10-12-16-34(30)40(7,8)36(32)22-28/h9-22H,1-8H3/b38-37+. The fraction of sp³-hybridized carbons (Fsp3) is 0.250. The fourth-order valence-electron chi connectivity index (χ4n) is 7.71. The summed E-state index contributed by atoms with van der Waals surface area (Å²) in [5.41, 5.74) is 16.1. The second-order valence-corrected chi connectivity index (χ2v) is 16.0. The van der Waals surface area contributed by atoms with E-state index >= 15 is 0 Å². The molecule has 4 aliphatic rings. The van der Waals surface area contributed by atoms with Gasteiger partial charge in [-0.25, -0.2) is 0 Å². The van der Waals surface area contributed by atoms with Gasteiger partial charge < -0.3 is 9.80 Å². The summed E-state index contributed by atoms with van der Waals surface area (Å²) in [6, 6.07) is 32.1. The maximum atomic E-state index is 2.51. The lowest BCUT2D eigenvalue weighted by molar-refractivity contribution is 0.660. The van der Waals surface area contributed by atoms with Gasteiger partial charge in [-0.05, 0) is 96.5 Å². The summed E-state index contributed by atoms with van der Waals surface area (Å²) in [5, 5.41) is 2.58. The number of fused-ring (bicyclic) bond motifs is 6. The molecule has 0 radical (unpaired) electrons. The lowest BCUT2D eigenvalue weighted by atomic mass is 9.82. The van der Waals surface area contributed by atoms with E-state index in [4.69, 9.17) is 0 Å². The molecule has 0 saturated carbocycles. The first-order valence-electron chi connectivity index (χ1n) is 15.5. The molecule has 8 rings (SSSR count). The Kier molecular flexibility index (Phi) is 6.00. The first-order valence-corrected chi connectivity index (χ1v) is 17.2. The second kappa shape index (κ2) is 9.45. The molecular formula is C40H38N2S2. The van der Waals surface area contributed by atoms with Crippen LogP contribution in [0.5, 0.6) is 0 Å². The summed E-state index contributed by atoms with van der Waals surface area (Å²) >= 11 is 3.82. The van der Waals surface area contributed by atoms with Gasteiger partial charge >= 0.3 is 0 Å². The molecule has 0 N–H and O–H groups in total. The fourth-order valence-corrected chi connectivity index (χ4v) is 10.0. The number of benzene rings is 4. The second-order valence-electron chi connectivity index (χ2n) is 13.6. The summed E-state index contributed by atoms with van der Waals surface area (Å²) in [5.74, 6) is 0. The highest BCUT2D eigenvalue weighted by Crippen LogP contribution is 2.56. The van der Waals surface area contributed by atoms with Crippen LogP contribution in [0, 0.1) is 0 Å². The van der Waals surface area contributed by atoms with E-state index in [1.807, 2.05) is 23.5 Å². The van der Waals surface area contributed by atoms with Gasteiger partial charge in [0.05, 0.1) is 0 Å². The quantitative estimate of drug-likeness (QED) is 0.223. The van der Waals surface area contributed by atoms with Gasteiger partial charge in [-0.2, -0.15) is 0 Å². The van der Waals surface area contributed by atoms with E-state index in [2.05, 4.69) is 150 Å². The van der Waals surface area contributed by atoms with Crippen molar-refractivity contribution in [1.82, 2.24) is 0 Å². The third kappa shape index (κ3) is 3.71. The van der Waals surface area contributed by atoms with Crippen LogP contribution >= 0.6 is 23.5 Å². The predicted molar refractivity (Wildman–Crippen MR) is 192 cm³/mol. The van der Waals surface area contributed by atoms with Gasteiger partial charge in [-0.1, -0.05) is 112 Å². The number of rotatable bonds is 2. The molecule has 2 aliphatic heterocycles. The molecule has 4 heteroatoms. The van der Waals surface area contributed by atoms with Gasteiger partial charge in [0.25, 0.3) is 0 Å². The van der Waals surface area contributed by atoms with Crippen LogP contribution in [0.3, 0.4) is 0 Å². The summed E-state index contributed by atoms with van der Waals surface area (Å²) in [4.78, 5) is 7.72. The van der Waals surface area contributed by atoms with Crippen molar-refractivity contribution >= 4 is 34.9 Å². The summed E-state index contributed by atoms with van der Waals surface area (Å²) in [6.45, 7) is 18.5. The van der Waals surface area contributed by atoms with Crippen molar-refractivity contribution in [3.8, 4) is 22.3 Å². The Labute approximate surface area is 270 Å². The third-order valence-electron chi connectivity index (χ3n) is 10.4. The Hall–Kier alpha value is -3.60. The molecule has 0 saturated heterocycles. The third-order valence-corrected chi connectivity index (χ3v) is 12.9. The average molecular weight is 611 g/mol. The molecule has 0 unspecified atom stereocenters. The molecule has 0 bridgehead atoms. The highest BCUT2D eigenvalue weighted by molar-refractivity contribution is 8.10. The Bertz CT molecular complexity index is 1880. The van der Waals surface area contributed by atoms with E-state index in [-0.39, 0.29) is 10.8 Å². The van der Waals surface area contributed by atoms with Crippen molar-refractivity contribution in [2.45, 2.75) is 66.2 Å². The van der Waals surface area contributed by atoms with Crippen LogP contribution in [0.4, 0.5) is 11.4 Å². The van der Waals surface area contributed by atoms with Crippen molar-refractivity contribution in [3.05, 3.63) is 138 Å². The Balaban J connectivity index is 1.26. The maximum absolute atomic E-state index is 2.51. The Morgan fingerprint density at radius 1 is 0.455 bits per heavy atom. The molecule has 0 fully saturated rings. The first kappa shape index (κ1) is 27.9. The number of hydrogen-bond donors (Lipinski definition) is 0. The predicted octanol–water partition coefficient (Wildman–Crippen LogP) is 11.7. The van der Waals surface area contributed by atoms with Crippen molar-refractivity contribution in [2.24, 2.45) is 0 Å². The van der Waals surface area contributed by atoms with Gasteiger partial charge in [0, 0.05) is 43.4 Å². The number of anilines is 2. The van der Waals surface area contributed by atoms with E-state index in [1.165, 1.54) is 87.1 Å². The highest BCUT2D eigenvalue weighted by atomic mass is 32.2. The molecule has 2 aliphatic carbocycles. The molecule has 0 aromatic heterocycles. The van der Waals surface area contributed by atoms with E-state index < -0.39 is 0 Å². The number of thioether (sulfide) groups is 2. The van der Waals surface area contributed by atoms with Crippen LogP contribution in [0.2, 0.25) is 0 Å². The maximum Gasteiger partial charge on any atom is 0.116 e. The highest BCUT2D eigenvalue weighted by Gasteiger charge is 2.40. The molecule has 44 heavy (non-hydrogen) atoms. The van der Waals surface area contributed by atoms with Crippen molar-refractivity contribution in [3.63, 3.8) is 0 Å².